The summed E-state index contributed by atoms with van der Waals surface area (Å²) in [5.74, 6) is 3.59. The van der Waals surface area contributed by atoms with Crippen LogP contribution in [0.4, 0.5) is 0 Å². The highest BCUT2D eigenvalue weighted by Crippen LogP contribution is 2.61. The Labute approximate surface area is 298 Å². The molecule has 0 amide bonds. The van der Waals surface area contributed by atoms with Gasteiger partial charge in [0.2, 0.25) is 0 Å². The van der Waals surface area contributed by atoms with Crippen LogP contribution < -0.4 is 10.4 Å². The minimum Gasteiger partial charge on any atom is -0.466 e. The second-order valence-corrected chi connectivity index (χ2v) is 22.6. The Morgan fingerprint density at radius 2 is 1.69 bits per heavy atom. The third-order valence-electron chi connectivity index (χ3n) is 11.8. The standard InChI is InChI=1S/C41H54O4S2Si/c1-8-35(29(2)27-42)41(46-24-15-25-47-41)38(43-7)37-34-21-20-30-26-31(22-23-40(30,6)36(34)28-44-37)45-48(39(3,4)5,32-16-11-9-12-17-32)33-18-13-10-14-19-33/h9-14,16-19,27-28,30-31,35,38H,2,8,15,20-26H2,1,3-7H3/t30-,31+,35+,38?,40+/m1/s1. The van der Waals surface area contributed by atoms with Crippen LogP contribution in [0.2, 0.25) is 5.04 Å². The lowest BCUT2D eigenvalue weighted by Crippen LogP contribution is -2.68. The van der Waals surface area contributed by atoms with E-state index in [0.29, 0.717) is 11.5 Å². The van der Waals surface area contributed by atoms with E-state index < -0.39 is 8.32 Å². The van der Waals surface area contributed by atoms with Crippen molar-refractivity contribution in [2.45, 2.75) is 106 Å². The summed E-state index contributed by atoms with van der Waals surface area (Å²) in [6.45, 7) is 16.0. The van der Waals surface area contributed by atoms with Gasteiger partial charge in [0.15, 0.2) is 0 Å². The number of fused-ring (bicyclic) bond motifs is 3. The smallest absolute Gasteiger partial charge is 0.261 e. The van der Waals surface area contributed by atoms with Crippen LogP contribution in [0.25, 0.3) is 0 Å². The first-order valence-corrected chi connectivity index (χ1v) is 21.8. The van der Waals surface area contributed by atoms with Gasteiger partial charge in [-0.2, -0.15) is 0 Å². The number of hydrogen-bond donors (Lipinski definition) is 0. The molecule has 2 heterocycles. The quantitative estimate of drug-likeness (QED) is 0.113. The van der Waals surface area contributed by atoms with Crippen LogP contribution in [0, 0.1) is 11.8 Å². The van der Waals surface area contributed by atoms with Crippen LogP contribution in [0.1, 0.15) is 96.1 Å². The Bertz CT molecular complexity index is 1520. The van der Waals surface area contributed by atoms with E-state index >= 15 is 0 Å². The van der Waals surface area contributed by atoms with Gasteiger partial charge in [-0.15, -0.1) is 23.5 Å². The highest BCUT2D eigenvalue weighted by Gasteiger charge is 2.56. The molecule has 1 saturated carbocycles. The average Bonchev–Trinajstić information content (AvgIpc) is 3.53. The van der Waals surface area contributed by atoms with Crippen LogP contribution in [0.5, 0.6) is 0 Å². The monoisotopic (exact) mass is 702 g/mol. The fourth-order valence-corrected chi connectivity index (χ4v) is 18.0. The minimum atomic E-state index is -2.63. The number of furan rings is 1. The fraction of sp³-hybridized carbons (Fsp3) is 0.537. The number of methoxy groups -OCH3 is 1. The minimum absolute atomic E-state index is 0.0111. The highest BCUT2D eigenvalue weighted by atomic mass is 32.2. The molecule has 6 rings (SSSR count). The molecule has 0 bridgehead atoms. The number of benzene rings is 2. The third kappa shape index (κ3) is 6.04. The van der Waals surface area contributed by atoms with E-state index in [0.717, 1.165) is 68.5 Å². The van der Waals surface area contributed by atoms with Crippen molar-refractivity contribution in [1.29, 1.82) is 0 Å². The van der Waals surface area contributed by atoms with Gasteiger partial charge >= 0.3 is 0 Å². The topological polar surface area (TPSA) is 48.7 Å². The van der Waals surface area contributed by atoms with Crippen molar-refractivity contribution in [2.24, 2.45) is 11.8 Å². The van der Waals surface area contributed by atoms with Crippen LogP contribution >= 0.6 is 23.5 Å². The van der Waals surface area contributed by atoms with Crippen molar-refractivity contribution in [1.82, 2.24) is 0 Å². The molecule has 4 nitrogen and oxygen atoms in total. The molecule has 5 atom stereocenters. The molecule has 1 saturated heterocycles. The average molecular weight is 703 g/mol. The molecule has 0 N–H and O–H groups in total. The van der Waals surface area contributed by atoms with Gasteiger partial charge in [-0.1, -0.05) is 102 Å². The van der Waals surface area contributed by atoms with E-state index in [4.69, 9.17) is 13.6 Å². The summed E-state index contributed by atoms with van der Waals surface area (Å²) in [4.78, 5) is 12.1. The van der Waals surface area contributed by atoms with Crippen LogP contribution in [-0.2, 0) is 25.8 Å². The maximum Gasteiger partial charge on any atom is 0.261 e. The van der Waals surface area contributed by atoms with Crippen molar-refractivity contribution in [3.8, 4) is 0 Å². The summed E-state index contributed by atoms with van der Waals surface area (Å²) in [6, 6.07) is 22.1. The molecule has 0 radical (unpaired) electrons. The second kappa shape index (κ2) is 14.3. The van der Waals surface area contributed by atoms with Crippen molar-refractivity contribution in [2.75, 3.05) is 18.6 Å². The molecule has 258 valence electrons. The normalized spacial score (nSPS) is 25.4. The molecule has 2 fully saturated rings. The Morgan fingerprint density at radius 1 is 1.06 bits per heavy atom. The Kier molecular flexibility index (Phi) is 10.7. The van der Waals surface area contributed by atoms with Crippen LogP contribution in [0.15, 0.2) is 83.5 Å². The Hall–Kier alpha value is -2.03. The summed E-state index contributed by atoms with van der Waals surface area (Å²) in [6.07, 6.45) is 10.2. The van der Waals surface area contributed by atoms with E-state index in [1.807, 2.05) is 30.6 Å². The summed E-state index contributed by atoms with van der Waals surface area (Å²) in [5, 5.41) is 2.66. The van der Waals surface area contributed by atoms with Crippen LogP contribution in [-0.4, -0.2) is 43.4 Å². The summed E-state index contributed by atoms with van der Waals surface area (Å²) < 4.78 is 20.4. The Morgan fingerprint density at radius 3 is 2.23 bits per heavy atom. The van der Waals surface area contributed by atoms with E-state index in [1.165, 1.54) is 21.5 Å². The largest absolute Gasteiger partial charge is 0.466 e. The maximum atomic E-state index is 12.1. The first-order valence-electron chi connectivity index (χ1n) is 17.9. The van der Waals surface area contributed by atoms with Gasteiger partial charge < -0.3 is 13.6 Å². The molecule has 2 aliphatic carbocycles. The zero-order chi connectivity index (χ0) is 34.2. The SMILES string of the molecule is C=C(C=O)[C@H](CC)C1(C(OC)c2occ3c2CC[C@@H]2C[C@@H](O[Si](c4ccccc4)(c4ccccc4)C(C)(C)C)CC[C@]32C)SCCCS1. The molecule has 7 heteroatoms. The molecule has 2 aromatic carbocycles. The van der Waals surface area contributed by atoms with E-state index in [2.05, 4.69) is 108 Å². The van der Waals surface area contributed by atoms with E-state index in [9.17, 15) is 4.79 Å². The lowest BCUT2D eigenvalue weighted by atomic mass is 9.58. The number of rotatable bonds is 11. The number of carbonyl (C=O) groups is 1. The number of ether oxygens (including phenoxy) is 1. The highest BCUT2D eigenvalue weighted by molar-refractivity contribution is 8.18. The van der Waals surface area contributed by atoms with Gasteiger partial charge in [-0.25, -0.2) is 0 Å². The molecular weight excluding hydrogens is 649 g/mol. The Balaban J connectivity index is 1.32. The number of hydrogen-bond acceptors (Lipinski definition) is 6. The van der Waals surface area contributed by atoms with Gasteiger partial charge in [0.05, 0.1) is 6.26 Å². The summed E-state index contributed by atoms with van der Waals surface area (Å²) >= 11 is 3.88. The lowest BCUT2D eigenvalue weighted by Gasteiger charge is -2.51. The molecule has 3 aliphatic rings. The number of aldehydes is 1. The van der Waals surface area contributed by atoms with E-state index in [-0.39, 0.29) is 32.7 Å². The second-order valence-electron chi connectivity index (χ2n) is 15.4. The fourth-order valence-electron chi connectivity index (χ4n) is 9.31. The zero-order valence-corrected chi connectivity index (χ0v) is 32.4. The van der Waals surface area contributed by atoms with Gasteiger partial charge in [0.1, 0.15) is 22.2 Å². The first-order chi connectivity index (χ1) is 23.1. The number of allylic oxidation sites excluding steroid dienone is 1. The molecule has 1 aliphatic heterocycles. The third-order valence-corrected chi connectivity index (χ3v) is 20.4. The van der Waals surface area contributed by atoms with Gasteiger partial charge in [-0.05, 0) is 88.8 Å². The number of thioether (sulfide) groups is 2. The zero-order valence-electron chi connectivity index (χ0n) is 29.8. The molecular formula is C41H54O4S2Si. The number of carbonyl (C=O) groups excluding carboxylic acids is 1. The molecule has 48 heavy (non-hydrogen) atoms. The van der Waals surface area contributed by atoms with Crippen molar-refractivity contribution >= 4 is 48.5 Å². The van der Waals surface area contributed by atoms with Crippen molar-refractivity contribution < 1.29 is 18.4 Å². The van der Waals surface area contributed by atoms with Gasteiger partial charge in [0.25, 0.3) is 8.32 Å². The van der Waals surface area contributed by atoms with Gasteiger partial charge in [0, 0.05) is 30.3 Å². The predicted molar refractivity (Wildman–Crippen MR) is 205 cm³/mol. The molecule has 3 aromatic rings. The molecule has 1 aromatic heterocycles. The maximum absolute atomic E-state index is 12.1. The van der Waals surface area contributed by atoms with Crippen LogP contribution in [0.3, 0.4) is 0 Å². The molecule has 1 unspecified atom stereocenters. The van der Waals surface area contributed by atoms with Crippen molar-refractivity contribution in [3.63, 3.8) is 0 Å². The van der Waals surface area contributed by atoms with E-state index in [1.54, 1.807) is 0 Å². The van der Waals surface area contributed by atoms with Crippen molar-refractivity contribution in [3.05, 3.63) is 96.0 Å². The predicted octanol–water partition coefficient (Wildman–Crippen LogP) is 9.26. The summed E-state index contributed by atoms with van der Waals surface area (Å²) in [7, 11) is -0.818. The first kappa shape index (κ1) is 35.8. The summed E-state index contributed by atoms with van der Waals surface area (Å²) in [5.41, 5.74) is 3.39. The lowest BCUT2D eigenvalue weighted by molar-refractivity contribution is -0.105. The molecule has 0 spiro atoms. The van der Waals surface area contributed by atoms with Gasteiger partial charge in [-0.3, -0.25) is 4.79 Å².